The number of nitrogens with zero attached hydrogens (tertiary/aromatic N) is 1. The maximum Gasteiger partial charge on any atom is 0.239 e. The first-order valence-corrected chi connectivity index (χ1v) is 8.78. The third-order valence-corrected chi connectivity index (χ3v) is 4.08. The summed E-state index contributed by atoms with van der Waals surface area (Å²) in [5, 5.41) is 3.26. The summed E-state index contributed by atoms with van der Waals surface area (Å²) in [6, 6.07) is 6.13. The molecule has 1 aromatic rings. The number of hydrogen-bond donors (Lipinski definition) is 3. The van der Waals surface area contributed by atoms with Crippen LogP contribution >= 0.6 is 12.2 Å². The van der Waals surface area contributed by atoms with Crippen molar-refractivity contribution in [3.8, 4) is 0 Å². The molecule has 0 bridgehead atoms. The van der Waals surface area contributed by atoms with E-state index in [9.17, 15) is 9.18 Å². The fourth-order valence-electron chi connectivity index (χ4n) is 2.74. The Hall–Kier alpha value is -1.77. The number of benzene rings is 1. The molecule has 8 heteroatoms. The van der Waals surface area contributed by atoms with Gasteiger partial charge in [-0.05, 0) is 43.8 Å². The fourth-order valence-corrected chi connectivity index (χ4v) is 2.87. The van der Waals surface area contributed by atoms with Crippen molar-refractivity contribution in [2.75, 3.05) is 19.6 Å². The van der Waals surface area contributed by atoms with Crippen LogP contribution < -0.4 is 16.2 Å². The van der Waals surface area contributed by atoms with Crippen LogP contribution in [0.3, 0.4) is 0 Å². The van der Waals surface area contributed by atoms with Crippen LogP contribution in [0.5, 0.6) is 0 Å². The number of nitrogens with one attached hydrogen (secondary N) is 3. The molecular formula is C17H25FN4O2S. The predicted molar refractivity (Wildman–Crippen MR) is 98.2 cm³/mol. The highest BCUT2D eigenvalue weighted by Crippen LogP contribution is 2.10. The predicted octanol–water partition coefficient (Wildman–Crippen LogP) is 1.32. The molecular weight excluding hydrogens is 343 g/mol. The van der Waals surface area contributed by atoms with Crippen LogP contribution in [0.4, 0.5) is 4.39 Å². The summed E-state index contributed by atoms with van der Waals surface area (Å²) in [5.41, 5.74) is 6.15. The van der Waals surface area contributed by atoms with Crippen molar-refractivity contribution in [2.24, 2.45) is 0 Å². The van der Waals surface area contributed by atoms with Gasteiger partial charge in [-0.15, -0.1) is 0 Å². The van der Waals surface area contributed by atoms with Crippen molar-refractivity contribution in [1.82, 2.24) is 21.1 Å². The number of hydrazine groups is 1. The largest absolute Gasteiger partial charge is 0.373 e. The lowest BCUT2D eigenvalue weighted by Crippen LogP contribution is -2.49. The van der Waals surface area contributed by atoms with E-state index in [1.165, 1.54) is 12.1 Å². The Bertz CT molecular complexity index is 575. The molecule has 0 aliphatic carbocycles. The van der Waals surface area contributed by atoms with E-state index in [0.29, 0.717) is 24.6 Å². The molecule has 138 valence electrons. The highest BCUT2D eigenvalue weighted by molar-refractivity contribution is 7.80. The van der Waals surface area contributed by atoms with Crippen molar-refractivity contribution in [3.63, 3.8) is 0 Å². The lowest BCUT2D eigenvalue weighted by atomic mass is 10.2. The zero-order valence-electron chi connectivity index (χ0n) is 14.5. The second-order valence-corrected chi connectivity index (χ2v) is 6.66. The van der Waals surface area contributed by atoms with Crippen molar-refractivity contribution in [3.05, 3.63) is 35.6 Å². The van der Waals surface area contributed by atoms with E-state index >= 15 is 0 Å². The normalized spacial score (nSPS) is 20.8. The molecule has 25 heavy (non-hydrogen) atoms. The summed E-state index contributed by atoms with van der Waals surface area (Å²) in [7, 11) is 0. The number of halogens is 1. The van der Waals surface area contributed by atoms with Crippen LogP contribution in [0.25, 0.3) is 0 Å². The fraction of sp³-hybridized carbons (Fsp3) is 0.529. The number of morpholine rings is 1. The molecule has 3 N–H and O–H groups in total. The van der Waals surface area contributed by atoms with Crippen LogP contribution in [0, 0.1) is 5.82 Å². The van der Waals surface area contributed by atoms with Crippen molar-refractivity contribution >= 4 is 23.2 Å². The monoisotopic (exact) mass is 368 g/mol. The quantitative estimate of drug-likeness (QED) is 0.538. The molecule has 6 nitrogen and oxygen atoms in total. The van der Waals surface area contributed by atoms with Crippen LogP contribution in [0.2, 0.25) is 0 Å². The maximum absolute atomic E-state index is 12.8. The summed E-state index contributed by atoms with van der Waals surface area (Å²) < 4.78 is 18.5. The van der Waals surface area contributed by atoms with E-state index in [1.54, 1.807) is 12.1 Å². The molecule has 1 aromatic carbocycles. The van der Waals surface area contributed by atoms with Gasteiger partial charge < -0.3 is 10.1 Å². The molecule has 1 amide bonds. The molecule has 1 aliphatic rings. The van der Waals surface area contributed by atoms with Gasteiger partial charge in [0.05, 0.1) is 12.2 Å². The van der Waals surface area contributed by atoms with E-state index in [4.69, 9.17) is 17.0 Å². The zero-order valence-corrected chi connectivity index (χ0v) is 15.4. The third kappa shape index (κ3) is 7.33. The summed E-state index contributed by atoms with van der Waals surface area (Å²) >= 11 is 5.10. The Kier molecular flexibility index (Phi) is 7.54. The Morgan fingerprint density at radius 1 is 1.24 bits per heavy atom. The third-order valence-electron chi connectivity index (χ3n) is 3.83. The molecule has 1 heterocycles. The lowest BCUT2D eigenvalue weighted by Gasteiger charge is -2.35. The van der Waals surface area contributed by atoms with E-state index in [1.807, 2.05) is 13.8 Å². The molecule has 2 rings (SSSR count). The average Bonchev–Trinajstić information content (AvgIpc) is 2.57. The van der Waals surface area contributed by atoms with Crippen LogP contribution in [0.15, 0.2) is 24.3 Å². The van der Waals surface area contributed by atoms with E-state index < -0.39 is 0 Å². The summed E-state index contributed by atoms with van der Waals surface area (Å²) in [6.07, 6.45) is 0.758. The van der Waals surface area contributed by atoms with Crippen molar-refractivity contribution in [1.29, 1.82) is 0 Å². The summed E-state index contributed by atoms with van der Waals surface area (Å²) in [6.45, 7) is 6.88. The molecule has 0 aromatic heterocycles. The molecule has 0 unspecified atom stereocenters. The topological polar surface area (TPSA) is 65.6 Å². The van der Waals surface area contributed by atoms with Crippen molar-refractivity contribution in [2.45, 2.75) is 39.0 Å². The number of carbonyl (C=O) groups is 1. The Morgan fingerprint density at radius 3 is 2.52 bits per heavy atom. The van der Waals surface area contributed by atoms with Gasteiger partial charge >= 0.3 is 0 Å². The second kappa shape index (κ2) is 9.65. The van der Waals surface area contributed by atoms with Gasteiger partial charge in [0, 0.05) is 32.6 Å². The number of amides is 1. The van der Waals surface area contributed by atoms with Gasteiger partial charge in [0.1, 0.15) is 5.82 Å². The highest BCUT2D eigenvalue weighted by atomic mass is 32.1. The summed E-state index contributed by atoms with van der Waals surface area (Å²) in [4.78, 5) is 14.1. The first-order chi connectivity index (χ1) is 11.9. The van der Waals surface area contributed by atoms with Gasteiger partial charge in [-0.25, -0.2) is 4.39 Å². The van der Waals surface area contributed by atoms with E-state index in [0.717, 1.165) is 18.7 Å². The van der Waals surface area contributed by atoms with E-state index in [2.05, 4.69) is 21.1 Å². The van der Waals surface area contributed by atoms with Gasteiger partial charge in [0.25, 0.3) is 0 Å². The van der Waals surface area contributed by atoms with Gasteiger partial charge in [0.2, 0.25) is 5.91 Å². The molecule has 2 atom stereocenters. The minimum absolute atomic E-state index is 0.127. The average molecular weight is 368 g/mol. The Labute approximate surface area is 153 Å². The molecule has 0 saturated carbocycles. The highest BCUT2D eigenvalue weighted by Gasteiger charge is 2.22. The maximum atomic E-state index is 12.8. The van der Waals surface area contributed by atoms with Crippen molar-refractivity contribution < 1.29 is 13.9 Å². The number of thiocarbonyl (C=S) groups is 1. The first-order valence-electron chi connectivity index (χ1n) is 8.37. The summed E-state index contributed by atoms with van der Waals surface area (Å²) in [5.74, 6) is -0.404. The minimum atomic E-state index is -0.277. The molecule has 1 aliphatic heterocycles. The van der Waals surface area contributed by atoms with Gasteiger partial charge in [-0.1, -0.05) is 12.1 Å². The molecule has 0 radical (unpaired) electrons. The Balaban J connectivity index is 1.60. The number of rotatable bonds is 5. The van der Waals surface area contributed by atoms with E-state index in [-0.39, 0.29) is 23.9 Å². The van der Waals surface area contributed by atoms with Gasteiger partial charge in [-0.2, -0.15) is 0 Å². The van der Waals surface area contributed by atoms with Crippen LogP contribution in [0.1, 0.15) is 25.8 Å². The SMILES string of the molecule is C[C@@H]1CN(CCC(=O)NNC(=S)NCc2ccc(F)cc2)C[C@@H](C)O1. The molecule has 0 spiro atoms. The zero-order chi connectivity index (χ0) is 18.2. The molecule has 1 saturated heterocycles. The minimum Gasteiger partial charge on any atom is -0.373 e. The number of ether oxygens (including phenoxy) is 1. The van der Waals surface area contributed by atoms with Gasteiger partial charge in [-0.3, -0.25) is 20.5 Å². The first kappa shape index (κ1) is 19.6. The number of carbonyl (C=O) groups excluding carboxylic acids is 1. The lowest BCUT2D eigenvalue weighted by molar-refractivity contribution is -0.123. The standard InChI is InChI=1S/C17H25FN4O2S/c1-12-10-22(11-13(2)24-12)8-7-16(23)20-21-17(25)19-9-14-3-5-15(18)6-4-14/h3-6,12-13H,7-11H2,1-2H3,(H,20,23)(H2,19,21,25)/t12-,13-/m1/s1. The molecule has 1 fully saturated rings. The van der Waals surface area contributed by atoms with Crippen LogP contribution in [-0.4, -0.2) is 47.8 Å². The van der Waals surface area contributed by atoms with Gasteiger partial charge in [0.15, 0.2) is 5.11 Å². The smallest absolute Gasteiger partial charge is 0.239 e. The Morgan fingerprint density at radius 2 is 1.88 bits per heavy atom. The number of hydrogen-bond acceptors (Lipinski definition) is 4. The van der Waals surface area contributed by atoms with Crippen LogP contribution in [-0.2, 0) is 16.1 Å². The second-order valence-electron chi connectivity index (χ2n) is 6.25.